The van der Waals surface area contributed by atoms with Crippen LogP contribution >= 0.6 is 0 Å². The Kier molecular flexibility index (Phi) is 2.51. The number of benzene rings is 1. The first-order chi connectivity index (χ1) is 6.81. The van der Waals surface area contributed by atoms with E-state index in [2.05, 4.69) is 6.07 Å². The molecule has 1 aromatic carbocycles. The lowest BCUT2D eigenvalue weighted by molar-refractivity contribution is 0.596. The molecule has 0 aromatic heterocycles. The average molecular weight is 186 g/mol. The van der Waals surface area contributed by atoms with Crippen molar-refractivity contribution in [3.8, 4) is 6.07 Å². The van der Waals surface area contributed by atoms with Crippen LogP contribution < -0.4 is 5.73 Å². The summed E-state index contributed by atoms with van der Waals surface area (Å²) in [5.41, 5.74) is 7.79. The standard InChI is InChI=1S/C12H14N2/c13-8-10-3-1-2-4-11(10)12(14)7-9-5-6-9/h1-4,9,12H,5-7,14H2/t12-/m0/s1. The van der Waals surface area contributed by atoms with Gasteiger partial charge in [-0.3, -0.25) is 0 Å². The minimum absolute atomic E-state index is 0.0401. The van der Waals surface area contributed by atoms with Crippen LogP contribution in [0.1, 0.15) is 36.4 Å². The monoisotopic (exact) mass is 186 g/mol. The maximum Gasteiger partial charge on any atom is 0.0995 e. The molecule has 1 aliphatic rings. The Labute approximate surface area is 84.3 Å². The fourth-order valence-electron chi connectivity index (χ4n) is 1.76. The van der Waals surface area contributed by atoms with Crippen molar-refractivity contribution in [2.75, 3.05) is 0 Å². The van der Waals surface area contributed by atoms with E-state index in [0.29, 0.717) is 0 Å². The van der Waals surface area contributed by atoms with Crippen molar-refractivity contribution in [1.82, 2.24) is 0 Å². The van der Waals surface area contributed by atoms with Crippen molar-refractivity contribution < 1.29 is 0 Å². The summed E-state index contributed by atoms with van der Waals surface area (Å²) in [6, 6.07) is 9.86. The van der Waals surface area contributed by atoms with Gasteiger partial charge in [0, 0.05) is 6.04 Å². The molecule has 1 saturated carbocycles. The lowest BCUT2D eigenvalue weighted by Crippen LogP contribution is -2.12. The first-order valence-electron chi connectivity index (χ1n) is 5.06. The second kappa shape index (κ2) is 3.81. The maximum atomic E-state index is 8.91. The molecular formula is C12H14N2. The molecule has 2 nitrogen and oxygen atoms in total. The highest BCUT2D eigenvalue weighted by atomic mass is 14.6. The highest BCUT2D eigenvalue weighted by molar-refractivity contribution is 5.39. The van der Waals surface area contributed by atoms with Crippen LogP contribution in [0.5, 0.6) is 0 Å². The summed E-state index contributed by atoms with van der Waals surface area (Å²) >= 11 is 0. The third kappa shape index (κ3) is 1.94. The molecule has 0 radical (unpaired) electrons. The zero-order valence-electron chi connectivity index (χ0n) is 8.11. The summed E-state index contributed by atoms with van der Waals surface area (Å²) < 4.78 is 0. The maximum absolute atomic E-state index is 8.91. The van der Waals surface area contributed by atoms with E-state index < -0.39 is 0 Å². The van der Waals surface area contributed by atoms with Gasteiger partial charge in [-0.25, -0.2) is 0 Å². The Balaban J connectivity index is 2.16. The van der Waals surface area contributed by atoms with Gasteiger partial charge in [0.15, 0.2) is 0 Å². The van der Waals surface area contributed by atoms with E-state index in [0.717, 1.165) is 23.5 Å². The van der Waals surface area contributed by atoms with Crippen LogP contribution in [-0.4, -0.2) is 0 Å². The molecule has 0 heterocycles. The molecule has 2 heteroatoms. The van der Waals surface area contributed by atoms with Gasteiger partial charge in [0.05, 0.1) is 11.6 Å². The molecule has 2 N–H and O–H groups in total. The Morgan fingerprint density at radius 3 is 2.79 bits per heavy atom. The van der Waals surface area contributed by atoms with Crippen LogP contribution in [0.25, 0.3) is 0 Å². The van der Waals surface area contributed by atoms with E-state index >= 15 is 0 Å². The normalized spacial score (nSPS) is 17.4. The predicted octanol–water partition coefficient (Wildman–Crippen LogP) is 2.36. The lowest BCUT2D eigenvalue weighted by Gasteiger charge is -2.12. The molecule has 0 unspecified atom stereocenters. The van der Waals surface area contributed by atoms with Gasteiger partial charge in [-0.1, -0.05) is 31.0 Å². The third-order valence-electron chi connectivity index (χ3n) is 2.76. The largest absolute Gasteiger partial charge is 0.324 e. The number of nitrogens with zero attached hydrogens (tertiary/aromatic N) is 1. The van der Waals surface area contributed by atoms with Crippen LogP contribution in [0.3, 0.4) is 0 Å². The van der Waals surface area contributed by atoms with Crippen molar-refractivity contribution in [1.29, 1.82) is 5.26 Å². The molecule has 72 valence electrons. The molecule has 2 rings (SSSR count). The number of rotatable bonds is 3. The number of nitrogens with two attached hydrogens (primary N) is 1. The molecule has 1 aliphatic carbocycles. The van der Waals surface area contributed by atoms with E-state index in [-0.39, 0.29) is 6.04 Å². The van der Waals surface area contributed by atoms with Crippen LogP contribution in [0, 0.1) is 17.2 Å². The Hall–Kier alpha value is -1.33. The molecule has 1 aromatic rings. The van der Waals surface area contributed by atoms with Gasteiger partial charge in [-0.15, -0.1) is 0 Å². The topological polar surface area (TPSA) is 49.8 Å². The van der Waals surface area contributed by atoms with E-state index in [1.165, 1.54) is 12.8 Å². The lowest BCUT2D eigenvalue weighted by atomic mass is 9.98. The predicted molar refractivity (Wildman–Crippen MR) is 55.4 cm³/mol. The molecule has 1 fully saturated rings. The van der Waals surface area contributed by atoms with Crippen molar-refractivity contribution >= 4 is 0 Å². The second-order valence-corrected chi connectivity index (χ2v) is 3.98. The van der Waals surface area contributed by atoms with E-state index in [4.69, 9.17) is 11.0 Å². The fourth-order valence-corrected chi connectivity index (χ4v) is 1.76. The van der Waals surface area contributed by atoms with Gasteiger partial charge in [0.1, 0.15) is 0 Å². The van der Waals surface area contributed by atoms with E-state index in [1.54, 1.807) is 0 Å². The van der Waals surface area contributed by atoms with Gasteiger partial charge in [0.2, 0.25) is 0 Å². The Morgan fingerprint density at radius 1 is 1.43 bits per heavy atom. The minimum Gasteiger partial charge on any atom is -0.324 e. The van der Waals surface area contributed by atoms with E-state index in [9.17, 15) is 0 Å². The smallest absolute Gasteiger partial charge is 0.0995 e. The van der Waals surface area contributed by atoms with Crippen molar-refractivity contribution in [3.63, 3.8) is 0 Å². The SMILES string of the molecule is N#Cc1ccccc1[C@@H](N)CC1CC1. The van der Waals surface area contributed by atoms with Gasteiger partial charge in [0.25, 0.3) is 0 Å². The first-order valence-corrected chi connectivity index (χ1v) is 5.06. The van der Waals surface area contributed by atoms with Gasteiger partial charge >= 0.3 is 0 Å². The molecule has 1 atom stereocenters. The van der Waals surface area contributed by atoms with Crippen molar-refractivity contribution in [2.45, 2.75) is 25.3 Å². The molecule has 0 amide bonds. The summed E-state index contributed by atoms with van der Waals surface area (Å²) in [5.74, 6) is 0.803. The van der Waals surface area contributed by atoms with Crippen LogP contribution in [0.15, 0.2) is 24.3 Å². The van der Waals surface area contributed by atoms with Crippen molar-refractivity contribution in [3.05, 3.63) is 35.4 Å². The third-order valence-corrected chi connectivity index (χ3v) is 2.76. The highest BCUT2D eigenvalue weighted by Crippen LogP contribution is 2.37. The fraction of sp³-hybridized carbons (Fsp3) is 0.417. The summed E-state index contributed by atoms with van der Waals surface area (Å²) in [7, 11) is 0. The van der Waals surface area contributed by atoms with Crippen molar-refractivity contribution in [2.24, 2.45) is 11.7 Å². The first kappa shape index (κ1) is 9.23. The summed E-state index contributed by atoms with van der Waals surface area (Å²) in [4.78, 5) is 0. The quantitative estimate of drug-likeness (QED) is 0.787. The molecule has 0 aliphatic heterocycles. The summed E-state index contributed by atoms with van der Waals surface area (Å²) in [5, 5.41) is 8.91. The van der Waals surface area contributed by atoms with Crippen LogP contribution in [-0.2, 0) is 0 Å². The van der Waals surface area contributed by atoms with Gasteiger partial charge in [-0.2, -0.15) is 5.26 Å². The van der Waals surface area contributed by atoms with Gasteiger partial charge in [-0.05, 0) is 24.0 Å². The average Bonchev–Trinajstić information content (AvgIpc) is 3.01. The zero-order valence-corrected chi connectivity index (χ0v) is 8.11. The molecule has 0 bridgehead atoms. The summed E-state index contributed by atoms with van der Waals surface area (Å²) in [6.45, 7) is 0. The van der Waals surface area contributed by atoms with Crippen LogP contribution in [0.2, 0.25) is 0 Å². The molecule has 0 spiro atoms. The Bertz CT molecular complexity index is 361. The Morgan fingerprint density at radius 2 is 2.14 bits per heavy atom. The van der Waals surface area contributed by atoms with E-state index in [1.807, 2.05) is 24.3 Å². The number of hydrogen-bond donors (Lipinski definition) is 1. The molecule has 0 saturated heterocycles. The van der Waals surface area contributed by atoms with Crippen LogP contribution in [0.4, 0.5) is 0 Å². The van der Waals surface area contributed by atoms with Gasteiger partial charge < -0.3 is 5.73 Å². The molecule has 14 heavy (non-hydrogen) atoms. The minimum atomic E-state index is 0.0401. The number of hydrogen-bond acceptors (Lipinski definition) is 2. The highest BCUT2D eigenvalue weighted by Gasteiger charge is 2.25. The molecular weight excluding hydrogens is 172 g/mol. The zero-order chi connectivity index (χ0) is 9.97. The number of nitriles is 1. The second-order valence-electron chi connectivity index (χ2n) is 3.98. The summed E-state index contributed by atoms with van der Waals surface area (Å²) in [6.07, 6.45) is 3.64.